The van der Waals surface area contributed by atoms with Gasteiger partial charge in [0.2, 0.25) is 23.6 Å². The Labute approximate surface area is 317 Å². The number of hydrogen-bond acceptors (Lipinski definition) is 8. The molecule has 5 rings (SSSR count). The van der Waals surface area contributed by atoms with Crippen molar-refractivity contribution < 1.29 is 28.7 Å². The van der Waals surface area contributed by atoms with Crippen LogP contribution in [-0.2, 0) is 23.9 Å². The summed E-state index contributed by atoms with van der Waals surface area (Å²) in [6, 6.07) is 8.91. The fraction of sp³-hybridized carbons (Fsp3) is 0.575. The van der Waals surface area contributed by atoms with E-state index in [2.05, 4.69) is 28.1 Å². The first-order valence-electron chi connectivity index (χ1n) is 19.2. The van der Waals surface area contributed by atoms with E-state index in [1.54, 1.807) is 16.3 Å². The average molecular weight is 749 g/mol. The Balaban J connectivity index is 1.27. The van der Waals surface area contributed by atoms with E-state index in [0.29, 0.717) is 37.4 Å². The molecule has 12 nitrogen and oxygen atoms in total. The van der Waals surface area contributed by atoms with Gasteiger partial charge in [-0.15, -0.1) is 11.3 Å². The number of thiophene rings is 1. The number of piperidine rings is 1. The van der Waals surface area contributed by atoms with Crippen LogP contribution >= 0.6 is 11.3 Å². The zero-order valence-corrected chi connectivity index (χ0v) is 31.7. The maximum absolute atomic E-state index is 13.9. The van der Waals surface area contributed by atoms with Crippen LogP contribution in [-0.4, -0.2) is 78.9 Å². The molecule has 0 unspecified atom stereocenters. The highest BCUT2D eigenvalue weighted by atomic mass is 32.1. The first-order valence-corrected chi connectivity index (χ1v) is 20.1. The van der Waals surface area contributed by atoms with Crippen molar-refractivity contribution in [2.75, 3.05) is 26.4 Å². The number of para-hydroxylation sites is 1. The summed E-state index contributed by atoms with van der Waals surface area (Å²) >= 11 is 1.41. The highest BCUT2D eigenvalue weighted by Gasteiger charge is 2.67. The van der Waals surface area contributed by atoms with Gasteiger partial charge >= 0.3 is 0 Å². The molecule has 6 N–H and O–H groups in total. The third-order valence-electron chi connectivity index (χ3n) is 10.4. The van der Waals surface area contributed by atoms with E-state index in [9.17, 15) is 19.2 Å². The predicted molar refractivity (Wildman–Crippen MR) is 206 cm³/mol. The Hall–Kier alpha value is -4.23. The van der Waals surface area contributed by atoms with Gasteiger partial charge in [-0.25, -0.2) is 0 Å². The van der Waals surface area contributed by atoms with Crippen LogP contribution in [0.25, 0.3) is 0 Å². The van der Waals surface area contributed by atoms with Crippen LogP contribution < -0.4 is 26.4 Å². The normalized spacial score (nSPS) is 25.9. The van der Waals surface area contributed by atoms with Gasteiger partial charge in [0.05, 0.1) is 25.8 Å². The second-order valence-corrected chi connectivity index (χ2v) is 15.5. The summed E-state index contributed by atoms with van der Waals surface area (Å²) < 4.78 is 12.0. The van der Waals surface area contributed by atoms with Gasteiger partial charge in [-0.1, -0.05) is 56.0 Å². The molecule has 13 heteroatoms. The molecule has 1 aromatic carbocycles. The van der Waals surface area contributed by atoms with Crippen LogP contribution in [0.3, 0.4) is 0 Å². The highest BCUT2D eigenvalue weighted by Crippen LogP contribution is 2.59. The third-order valence-corrected chi connectivity index (χ3v) is 11.6. The van der Waals surface area contributed by atoms with Crippen molar-refractivity contribution in [2.24, 2.45) is 11.1 Å². The number of carbonyl (C=O) groups is 4. The van der Waals surface area contributed by atoms with Gasteiger partial charge in [0.15, 0.2) is 0 Å². The van der Waals surface area contributed by atoms with E-state index in [-0.39, 0.29) is 60.6 Å². The quantitative estimate of drug-likeness (QED) is 0.141. The van der Waals surface area contributed by atoms with Gasteiger partial charge in [-0.2, -0.15) is 0 Å². The monoisotopic (exact) mass is 748 g/mol. The molecule has 2 aliphatic heterocycles. The first kappa shape index (κ1) is 40.0. The number of nitrogens with zero attached hydrogens (tertiary/aromatic N) is 1. The molecule has 0 radical (unpaired) electrons. The van der Waals surface area contributed by atoms with Crippen molar-refractivity contribution in [1.82, 2.24) is 20.9 Å². The van der Waals surface area contributed by atoms with E-state index < -0.39 is 18.0 Å². The lowest BCUT2D eigenvalue weighted by molar-refractivity contribution is -0.140. The van der Waals surface area contributed by atoms with Crippen LogP contribution in [0, 0.1) is 10.8 Å². The number of nitrogens with one attached hydrogen (secondary N) is 4. The van der Waals surface area contributed by atoms with Crippen molar-refractivity contribution in [3.05, 3.63) is 64.4 Å². The average Bonchev–Trinajstić information content (AvgIpc) is 3.45. The highest BCUT2D eigenvalue weighted by molar-refractivity contribution is 7.10. The third kappa shape index (κ3) is 11.6. The van der Waals surface area contributed by atoms with Crippen molar-refractivity contribution >= 4 is 40.8 Å². The SMILES string of the molecule is C[C@@H](NC(=O)[C@@H]1C[C@@]23COCCCC=CCCCCCCCCC(=O)N[C@@H](CCOc4ccccc4)C(=O)NCC(=O)N1[C@H]2C3)c1cc(C(=N)N)cs1. The van der Waals surface area contributed by atoms with E-state index in [1.165, 1.54) is 11.3 Å². The largest absolute Gasteiger partial charge is 0.494 e. The number of amides is 4. The van der Waals surface area contributed by atoms with E-state index in [4.69, 9.17) is 20.6 Å². The Kier molecular flexibility index (Phi) is 14.9. The minimum Gasteiger partial charge on any atom is -0.494 e. The number of nitrogen functional groups attached to an aromatic ring is 1. The molecule has 1 saturated carbocycles. The molecular formula is C40H56N6O6S. The topological polar surface area (TPSA) is 176 Å². The van der Waals surface area contributed by atoms with Gasteiger partial charge in [0, 0.05) is 46.7 Å². The fourth-order valence-electron chi connectivity index (χ4n) is 7.32. The van der Waals surface area contributed by atoms with E-state index >= 15 is 0 Å². The summed E-state index contributed by atoms with van der Waals surface area (Å²) in [4.78, 5) is 56.8. The predicted octanol–water partition coefficient (Wildman–Crippen LogP) is 5.13. The lowest BCUT2D eigenvalue weighted by Crippen LogP contribution is -2.53. The van der Waals surface area contributed by atoms with Crippen molar-refractivity contribution in [3.8, 4) is 5.75 Å². The van der Waals surface area contributed by atoms with Gasteiger partial charge in [0.1, 0.15) is 23.7 Å². The van der Waals surface area contributed by atoms with E-state index in [0.717, 1.165) is 69.1 Å². The zero-order chi connectivity index (χ0) is 37.6. The number of hydrogen-bond donors (Lipinski definition) is 5. The van der Waals surface area contributed by atoms with Gasteiger partial charge in [-0.05, 0) is 70.1 Å². The number of amidine groups is 1. The molecule has 3 aliphatic rings. The molecule has 1 saturated heterocycles. The summed E-state index contributed by atoms with van der Waals surface area (Å²) in [7, 11) is 0. The van der Waals surface area contributed by atoms with Gasteiger partial charge in [0.25, 0.3) is 0 Å². The van der Waals surface area contributed by atoms with Crippen LogP contribution in [0.4, 0.5) is 0 Å². The summed E-state index contributed by atoms with van der Waals surface area (Å²) in [6.07, 6.45) is 15.3. The minimum absolute atomic E-state index is 0.0377. The number of rotatable bonds is 8. The number of carbonyl (C=O) groups excluding carboxylic acids is 4. The second kappa shape index (κ2) is 19.7. The molecule has 0 spiro atoms. The zero-order valence-electron chi connectivity index (χ0n) is 30.9. The molecule has 4 amide bonds. The molecule has 2 fully saturated rings. The lowest BCUT2D eigenvalue weighted by atomic mass is 10.00. The molecular weight excluding hydrogens is 693 g/mol. The molecule has 1 aromatic heterocycles. The summed E-state index contributed by atoms with van der Waals surface area (Å²) in [5, 5.41) is 18.2. The maximum Gasteiger partial charge on any atom is 0.243 e. The summed E-state index contributed by atoms with van der Waals surface area (Å²) in [5.74, 6) is -0.686. The van der Waals surface area contributed by atoms with Gasteiger partial charge < -0.3 is 36.1 Å². The molecule has 2 aromatic rings. The van der Waals surface area contributed by atoms with E-state index in [1.807, 2.05) is 37.3 Å². The Morgan fingerprint density at radius 1 is 1.08 bits per heavy atom. The smallest absolute Gasteiger partial charge is 0.243 e. The van der Waals surface area contributed by atoms with Crippen molar-refractivity contribution in [2.45, 2.75) is 115 Å². The van der Waals surface area contributed by atoms with Crippen molar-refractivity contribution in [3.63, 3.8) is 0 Å². The fourth-order valence-corrected chi connectivity index (χ4v) is 8.23. The maximum atomic E-state index is 13.9. The molecule has 288 valence electrons. The lowest BCUT2D eigenvalue weighted by Gasteiger charge is -2.28. The molecule has 5 atom stereocenters. The Bertz CT molecular complexity index is 1580. The summed E-state index contributed by atoms with van der Waals surface area (Å²) in [6.45, 7) is 2.82. The number of benzene rings is 1. The Morgan fingerprint density at radius 2 is 1.81 bits per heavy atom. The van der Waals surface area contributed by atoms with Crippen LogP contribution in [0.2, 0.25) is 0 Å². The number of allylic oxidation sites excluding steroid dienone is 2. The second-order valence-electron chi connectivity index (χ2n) is 14.6. The van der Waals surface area contributed by atoms with Crippen LogP contribution in [0.15, 0.2) is 53.9 Å². The molecule has 3 heterocycles. The number of ether oxygens (including phenoxy) is 2. The standard InChI is InChI=1S/C40H56N6O6S/c1-28(33-22-29(26-53-33)37(41)42)44-39(50)32-23-40-24-34(40)46(32)36(48)25-43-38(49)31(19-21-52-30-16-12-11-13-17-30)45-35(47)18-14-9-7-5-3-2-4-6-8-10-15-20-51-27-40/h6,8,11-13,16-17,22,26,28,31-32,34H,2-5,7,9-10,14-15,18-21,23-25,27H2,1H3,(H3,41,42)(H,43,49)(H,44,50)(H,45,47)/t28-,31+,32+,34+,40-/m1/s1. The van der Waals surface area contributed by atoms with Gasteiger partial charge in [-0.3, -0.25) is 24.6 Å². The van der Waals surface area contributed by atoms with Crippen LogP contribution in [0.1, 0.15) is 107 Å². The minimum atomic E-state index is -0.890. The molecule has 1 aliphatic carbocycles. The molecule has 2 bridgehead atoms. The Morgan fingerprint density at radius 3 is 2.57 bits per heavy atom. The molecule has 53 heavy (non-hydrogen) atoms. The van der Waals surface area contributed by atoms with Crippen LogP contribution in [0.5, 0.6) is 5.75 Å². The number of nitrogens with two attached hydrogens (primary N) is 1. The summed E-state index contributed by atoms with van der Waals surface area (Å²) in [5.41, 5.74) is 5.94. The van der Waals surface area contributed by atoms with Crippen molar-refractivity contribution in [1.29, 1.82) is 5.41 Å². The first-order chi connectivity index (χ1) is 25.7.